The summed E-state index contributed by atoms with van der Waals surface area (Å²) in [4.78, 5) is 20.3. The van der Waals surface area contributed by atoms with Gasteiger partial charge in [-0.3, -0.25) is 0 Å². The summed E-state index contributed by atoms with van der Waals surface area (Å²) in [5.41, 5.74) is 0.227. The Hall–Kier alpha value is -1.65. The van der Waals surface area contributed by atoms with E-state index in [1.807, 2.05) is 19.9 Å². The number of carbonyl (C=O) groups excluding carboxylic acids is 1. The van der Waals surface area contributed by atoms with E-state index in [4.69, 9.17) is 4.74 Å². The predicted octanol–water partition coefficient (Wildman–Crippen LogP) is 2.57. The lowest BCUT2D eigenvalue weighted by Gasteiger charge is -2.28. The van der Waals surface area contributed by atoms with Crippen molar-refractivity contribution in [1.29, 1.82) is 0 Å². The van der Waals surface area contributed by atoms with Crippen molar-refractivity contribution in [3.63, 3.8) is 0 Å². The van der Waals surface area contributed by atoms with Gasteiger partial charge in [0.2, 0.25) is 0 Å². The van der Waals surface area contributed by atoms with Gasteiger partial charge in [0.15, 0.2) is 0 Å². The Labute approximate surface area is 114 Å². The monoisotopic (exact) mass is 265 g/mol. The molecule has 0 radical (unpaired) electrons. The van der Waals surface area contributed by atoms with Crippen LogP contribution in [0.3, 0.4) is 0 Å². The molecule has 0 saturated carbocycles. The van der Waals surface area contributed by atoms with Gasteiger partial charge in [0.1, 0.15) is 17.7 Å². The highest BCUT2D eigenvalue weighted by atomic mass is 16.5. The van der Waals surface area contributed by atoms with Gasteiger partial charge < -0.3 is 10.1 Å². The number of carbonyl (C=O) groups is 1. The average Bonchev–Trinajstić information content (AvgIpc) is 2.38. The Balaban J connectivity index is 2.90. The number of aromatic nitrogens is 2. The lowest BCUT2D eigenvalue weighted by atomic mass is 9.96. The lowest BCUT2D eigenvalue weighted by molar-refractivity contribution is -0.145. The molecule has 1 unspecified atom stereocenters. The van der Waals surface area contributed by atoms with Crippen molar-refractivity contribution in [2.24, 2.45) is 0 Å². The summed E-state index contributed by atoms with van der Waals surface area (Å²) >= 11 is 0. The molecule has 1 N–H and O–H groups in total. The fourth-order valence-corrected chi connectivity index (χ4v) is 2.08. The Morgan fingerprint density at radius 3 is 2.68 bits per heavy atom. The van der Waals surface area contributed by atoms with Crippen LogP contribution >= 0.6 is 0 Å². The van der Waals surface area contributed by atoms with Crippen LogP contribution < -0.4 is 5.32 Å². The third kappa shape index (κ3) is 4.19. The number of rotatable bonds is 7. The highest BCUT2D eigenvalue weighted by Crippen LogP contribution is 2.20. The Bertz CT molecular complexity index is 423. The van der Waals surface area contributed by atoms with Gasteiger partial charge in [-0.15, -0.1) is 0 Å². The van der Waals surface area contributed by atoms with Crippen LogP contribution in [0.5, 0.6) is 0 Å². The number of methoxy groups -OCH3 is 1. The van der Waals surface area contributed by atoms with Crippen molar-refractivity contribution in [3.8, 4) is 0 Å². The summed E-state index contributed by atoms with van der Waals surface area (Å²) < 4.78 is 4.87. The van der Waals surface area contributed by atoms with E-state index in [0.717, 1.165) is 25.0 Å². The normalized spacial score (nSPS) is 13.7. The molecule has 0 amide bonds. The van der Waals surface area contributed by atoms with Crippen molar-refractivity contribution in [2.45, 2.75) is 52.0 Å². The molecule has 1 aromatic rings. The highest BCUT2D eigenvalue weighted by molar-refractivity contribution is 5.83. The molecule has 5 heteroatoms. The van der Waals surface area contributed by atoms with Gasteiger partial charge in [-0.2, -0.15) is 0 Å². The van der Waals surface area contributed by atoms with Crippen molar-refractivity contribution in [1.82, 2.24) is 9.97 Å². The lowest BCUT2D eigenvalue weighted by Crippen LogP contribution is -2.44. The molecule has 19 heavy (non-hydrogen) atoms. The van der Waals surface area contributed by atoms with E-state index in [-0.39, 0.29) is 5.97 Å². The largest absolute Gasteiger partial charge is 0.467 e. The second-order valence-corrected chi connectivity index (χ2v) is 4.84. The molecule has 0 aliphatic rings. The van der Waals surface area contributed by atoms with E-state index in [1.165, 1.54) is 13.4 Å². The summed E-state index contributed by atoms with van der Waals surface area (Å²) in [5, 5.41) is 3.18. The first-order chi connectivity index (χ1) is 9.05. The molecule has 1 atom stereocenters. The highest BCUT2D eigenvalue weighted by Gasteiger charge is 2.33. The predicted molar refractivity (Wildman–Crippen MR) is 75.0 cm³/mol. The third-order valence-corrected chi connectivity index (χ3v) is 3.02. The van der Waals surface area contributed by atoms with Crippen LogP contribution in [0.4, 0.5) is 5.82 Å². The molecular weight excluding hydrogens is 242 g/mol. The van der Waals surface area contributed by atoms with E-state index < -0.39 is 5.54 Å². The van der Waals surface area contributed by atoms with Gasteiger partial charge in [0, 0.05) is 11.8 Å². The van der Waals surface area contributed by atoms with E-state index >= 15 is 0 Å². The quantitative estimate of drug-likeness (QED) is 0.768. The molecule has 0 aliphatic carbocycles. The summed E-state index contributed by atoms with van der Waals surface area (Å²) in [6, 6.07) is 1.89. The molecule has 0 saturated heterocycles. The zero-order chi connectivity index (χ0) is 14.3. The number of nitrogens with zero attached hydrogens (tertiary/aromatic N) is 2. The van der Waals surface area contributed by atoms with E-state index in [0.29, 0.717) is 12.2 Å². The Morgan fingerprint density at radius 1 is 1.37 bits per heavy atom. The SMILES string of the molecule is CCCc1cc(NC(C)(CCC)C(=O)OC)ncn1. The maximum atomic E-state index is 11.9. The zero-order valence-electron chi connectivity index (χ0n) is 12.2. The molecule has 1 rings (SSSR count). The molecule has 5 nitrogen and oxygen atoms in total. The van der Waals surface area contributed by atoms with Crippen LogP contribution in [0.1, 0.15) is 45.7 Å². The van der Waals surface area contributed by atoms with Crippen LogP contribution in [0, 0.1) is 0 Å². The Morgan fingerprint density at radius 2 is 2.11 bits per heavy atom. The fourth-order valence-electron chi connectivity index (χ4n) is 2.08. The number of nitrogens with one attached hydrogen (secondary N) is 1. The van der Waals surface area contributed by atoms with Crippen molar-refractivity contribution >= 4 is 11.8 Å². The topological polar surface area (TPSA) is 64.1 Å². The first-order valence-corrected chi connectivity index (χ1v) is 6.73. The number of aryl methyl sites for hydroxylation is 1. The van der Waals surface area contributed by atoms with Gasteiger partial charge in [0.05, 0.1) is 7.11 Å². The maximum absolute atomic E-state index is 11.9. The van der Waals surface area contributed by atoms with Gasteiger partial charge in [-0.05, 0) is 19.8 Å². The standard InChI is InChI=1S/C14H23N3O2/c1-5-7-11-9-12(16-10-15-11)17-14(3,8-6-2)13(18)19-4/h9-10H,5-8H2,1-4H3,(H,15,16,17). The number of ether oxygens (including phenoxy) is 1. The molecule has 0 spiro atoms. The smallest absolute Gasteiger partial charge is 0.331 e. The molecule has 0 aliphatic heterocycles. The fraction of sp³-hybridized carbons (Fsp3) is 0.643. The molecule has 1 aromatic heterocycles. The van der Waals surface area contributed by atoms with Crippen LogP contribution in [-0.2, 0) is 16.0 Å². The number of hydrogen-bond acceptors (Lipinski definition) is 5. The minimum atomic E-state index is -0.749. The molecule has 0 fully saturated rings. The molecule has 1 heterocycles. The summed E-state index contributed by atoms with van der Waals surface area (Å²) in [6.07, 6.45) is 5.02. The molecular formula is C14H23N3O2. The average molecular weight is 265 g/mol. The molecule has 0 aromatic carbocycles. The number of esters is 1. The van der Waals surface area contributed by atoms with Gasteiger partial charge in [-0.1, -0.05) is 26.7 Å². The summed E-state index contributed by atoms with van der Waals surface area (Å²) in [5.74, 6) is 0.393. The van der Waals surface area contributed by atoms with Gasteiger partial charge in [0.25, 0.3) is 0 Å². The minimum absolute atomic E-state index is 0.273. The minimum Gasteiger partial charge on any atom is -0.467 e. The van der Waals surface area contributed by atoms with Crippen LogP contribution in [0.2, 0.25) is 0 Å². The second-order valence-electron chi connectivity index (χ2n) is 4.84. The summed E-state index contributed by atoms with van der Waals surface area (Å²) in [6.45, 7) is 5.97. The van der Waals surface area contributed by atoms with Gasteiger partial charge >= 0.3 is 5.97 Å². The van der Waals surface area contributed by atoms with E-state index in [1.54, 1.807) is 0 Å². The van der Waals surface area contributed by atoms with E-state index in [9.17, 15) is 4.79 Å². The van der Waals surface area contributed by atoms with Crippen molar-refractivity contribution < 1.29 is 9.53 Å². The second kappa shape index (κ2) is 7.07. The molecule has 106 valence electrons. The van der Waals surface area contributed by atoms with Crippen molar-refractivity contribution in [3.05, 3.63) is 18.1 Å². The maximum Gasteiger partial charge on any atom is 0.331 e. The van der Waals surface area contributed by atoms with E-state index in [2.05, 4.69) is 22.2 Å². The molecule has 0 bridgehead atoms. The van der Waals surface area contributed by atoms with Crippen LogP contribution in [-0.4, -0.2) is 28.6 Å². The third-order valence-electron chi connectivity index (χ3n) is 3.02. The Kier molecular flexibility index (Phi) is 5.73. The van der Waals surface area contributed by atoms with Gasteiger partial charge in [-0.25, -0.2) is 14.8 Å². The zero-order valence-corrected chi connectivity index (χ0v) is 12.2. The summed E-state index contributed by atoms with van der Waals surface area (Å²) in [7, 11) is 1.40. The first kappa shape index (κ1) is 15.4. The first-order valence-electron chi connectivity index (χ1n) is 6.73. The van der Waals surface area contributed by atoms with Crippen molar-refractivity contribution in [2.75, 3.05) is 12.4 Å². The van der Waals surface area contributed by atoms with Crippen LogP contribution in [0.15, 0.2) is 12.4 Å². The number of hydrogen-bond donors (Lipinski definition) is 1. The van der Waals surface area contributed by atoms with Crippen LogP contribution in [0.25, 0.3) is 0 Å². The number of anilines is 1.